The van der Waals surface area contributed by atoms with E-state index in [0.29, 0.717) is 5.56 Å². The highest BCUT2D eigenvalue weighted by atomic mass is 19.1. The summed E-state index contributed by atoms with van der Waals surface area (Å²) in [5.74, 6) is -1.17. The molecule has 0 bridgehead atoms. The first-order chi connectivity index (χ1) is 13.7. The van der Waals surface area contributed by atoms with Gasteiger partial charge in [-0.3, -0.25) is 9.59 Å². The maximum atomic E-state index is 13.6. The number of halogens is 1. The average Bonchev–Trinajstić information content (AvgIpc) is 2.67. The Hall–Kier alpha value is -2.99. The second kappa shape index (κ2) is 7.79. The number of benzene rings is 2. The van der Waals surface area contributed by atoms with Gasteiger partial charge in [0, 0.05) is 12.1 Å². The fraction of sp³-hybridized carbons (Fsp3) is 0.304. The number of carbonyl (C=O) groups is 2. The monoisotopic (exact) mass is 396 g/mol. The molecular weight excluding hydrogens is 371 g/mol. The van der Waals surface area contributed by atoms with Gasteiger partial charge in [-0.15, -0.1) is 0 Å². The molecule has 1 fully saturated rings. The highest BCUT2D eigenvalue weighted by Gasteiger charge is 2.62. The molecule has 6 heteroatoms. The molecule has 2 amide bonds. The summed E-state index contributed by atoms with van der Waals surface area (Å²) in [7, 11) is 0. The summed E-state index contributed by atoms with van der Waals surface area (Å²) in [4.78, 5) is 27.9. The topological polar surface area (TPSA) is 69.6 Å². The van der Waals surface area contributed by atoms with E-state index in [1.165, 1.54) is 29.2 Å². The Labute approximate surface area is 169 Å². The second-order valence-electron chi connectivity index (χ2n) is 8.07. The third-order valence-electron chi connectivity index (χ3n) is 4.78. The van der Waals surface area contributed by atoms with Crippen molar-refractivity contribution in [3.05, 3.63) is 77.1 Å². The molecule has 1 unspecified atom stereocenters. The Morgan fingerprint density at radius 3 is 2.31 bits per heavy atom. The zero-order valence-electron chi connectivity index (χ0n) is 16.8. The van der Waals surface area contributed by atoms with Gasteiger partial charge in [-0.25, -0.2) is 4.39 Å². The molecule has 2 aromatic rings. The molecule has 0 aromatic heterocycles. The van der Waals surface area contributed by atoms with Crippen molar-refractivity contribution in [2.75, 3.05) is 13.2 Å². The van der Waals surface area contributed by atoms with Crippen LogP contribution < -0.4 is 5.32 Å². The van der Waals surface area contributed by atoms with E-state index >= 15 is 0 Å². The van der Waals surface area contributed by atoms with E-state index < -0.39 is 22.8 Å². The first kappa shape index (κ1) is 20.7. The van der Waals surface area contributed by atoms with E-state index in [0.717, 1.165) is 5.56 Å². The van der Waals surface area contributed by atoms with Crippen LogP contribution in [0.3, 0.4) is 0 Å². The predicted octanol–water partition coefficient (Wildman–Crippen LogP) is 2.85. The van der Waals surface area contributed by atoms with Crippen molar-refractivity contribution in [1.82, 2.24) is 10.2 Å². The number of nitrogens with zero attached hydrogens (tertiary/aromatic N) is 1. The largest absolute Gasteiger partial charge is 0.395 e. The lowest BCUT2D eigenvalue weighted by Crippen LogP contribution is -2.71. The minimum absolute atomic E-state index is 0.0140. The van der Waals surface area contributed by atoms with Crippen molar-refractivity contribution in [2.45, 2.75) is 31.8 Å². The van der Waals surface area contributed by atoms with E-state index in [9.17, 15) is 19.1 Å². The molecule has 0 radical (unpaired) electrons. The zero-order valence-corrected chi connectivity index (χ0v) is 16.8. The lowest BCUT2D eigenvalue weighted by atomic mass is 9.71. The molecule has 0 aliphatic carbocycles. The summed E-state index contributed by atoms with van der Waals surface area (Å²) >= 11 is 0. The number of hydrogen-bond donors (Lipinski definition) is 2. The van der Waals surface area contributed by atoms with Crippen LogP contribution in [-0.4, -0.2) is 40.5 Å². The van der Waals surface area contributed by atoms with Gasteiger partial charge in [0.25, 0.3) is 11.8 Å². The number of β-amino-alcohol motifs (C(OH)–C–C–N with tert-alkyl or cyclic N) is 1. The van der Waals surface area contributed by atoms with Gasteiger partial charge in [0.1, 0.15) is 5.82 Å². The average molecular weight is 396 g/mol. The Balaban J connectivity index is 2.22. The van der Waals surface area contributed by atoms with E-state index in [2.05, 4.69) is 5.32 Å². The molecule has 1 saturated heterocycles. The third kappa shape index (κ3) is 3.80. The van der Waals surface area contributed by atoms with Crippen LogP contribution in [-0.2, 0) is 15.1 Å². The number of hydrogen-bond acceptors (Lipinski definition) is 3. The van der Waals surface area contributed by atoms with Crippen molar-refractivity contribution in [1.29, 1.82) is 0 Å². The third-order valence-corrected chi connectivity index (χ3v) is 4.78. The number of aliphatic hydroxyl groups excluding tert-OH is 1. The smallest absolute Gasteiger partial charge is 0.256 e. The van der Waals surface area contributed by atoms with Crippen LogP contribution in [0.4, 0.5) is 4.39 Å². The highest BCUT2D eigenvalue weighted by Crippen LogP contribution is 2.47. The molecule has 5 nitrogen and oxygen atoms in total. The molecule has 1 aliphatic heterocycles. The number of amides is 2. The van der Waals surface area contributed by atoms with E-state index in [-0.39, 0.29) is 24.6 Å². The SMILES string of the molecule is CC(C)(C)NC(=O)C1(c2ccc(F)cc2)/C(=C/c2ccccc2)C(=O)N1CCO. The summed E-state index contributed by atoms with van der Waals surface area (Å²) in [6.07, 6.45) is 1.68. The van der Waals surface area contributed by atoms with Gasteiger partial charge < -0.3 is 15.3 Å². The molecule has 0 saturated carbocycles. The van der Waals surface area contributed by atoms with Crippen molar-refractivity contribution in [2.24, 2.45) is 0 Å². The first-order valence-corrected chi connectivity index (χ1v) is 9.49. The van der Waals surface area contributed by atoms with Gasteiger partial charge in [-0.2, -0.15) is 0 Å². The van der Waals surface area contributed by atoms with Crippen LogP contribution >= 0.6 is 0 Å². The minimum atomic E-state index is -1.45. The van der Waals surface area contributed by atoms with E-state index in [1.54, 1.807) is 6.08 Å². The van der Waals surface area contributed by atoms with Crippen LogP contribution in [0, 0.1) is 5.82 Å². The molecule has 0 spiro atoms. The van der Waals surface area contributed by atoms with Crippen molar-refractivity contribution in [3.8, 4) is 0 Å². The van der Waals surface area contributed by atoms with Gasteiger partial charge in [0.2, 0.25) is 0 Å². The lowest BCUT2D eigenvalue weighted by Gasteiger charge is -2.53. The van der Waals surface area contributed by atoms with Gasteiger partial charge in [0.05, 0.1) is 12.2 Å². The van der Waals surface area contributed by atoms with E-state index in [4.69, 9.17) is 0 Å². The zero-order chi connectivity index (χ0) is 21.2. The summed E-state index contributed by atoms with van der Waals surface area (Å²) in [6.45, 7) is 5.23. The number of carbonyl (C=O) groups excluding carboxylic acids is 2. The molecule has 1 aliphatic rings. The van der Waals surface area contributed by atoms with Gasteiger partial charge in [-0.05, 0) is 50.1 Å². The summed E-state index contributed by atoms with van der Waals surface area (Å²) in [6, 6.07) is 14.8. The van der Waals surface area contributed by atoms with Gasteiger partial charge in [0.15, 0.2) is 5.54 Å². The first-order valence-electron chi connectivity index (χ1n) is 9.49. The molecule has 29 heavy (non-hydrogen) atoms. The maximum Gasteiger partial charge on any atom is 0.256 e. The van der Waals surface area contributed by atoms with Crippen LogP contribution in [0.2, 0.25) is 0 Å². The second-order valence-corrected chi connectivity index (χ2v) is 8.07. The summed E-state index contributed by atoms with van der Waals surface area (Å²) in [5.41, 5.74) is -0.474. The van der Waals surface area contributed by atoms with Crippen LogP contribution in [0.25, 0.3) is 6.08 Å². The molecule has 1 atom stereocenters. The van der Waals surface area contributed by atoms with E-state index in [1.807, 2.05) is 51.1 Å². The van der Waals surface area contributed by atoms with Crippen LogP contribution in [0.15, 0.2) is 60.2 Å². The predicted molar refractivity (Wildman–Crippen MR) is 109 cm³/mol. The fourth-order valence-electron chi connectivity index (χ4n) is 3.61. The normalized spacial score (nSPS) is 20.5. The summed E-state index contributed by atoms with van der Waals surface area (Å²) < 4.78 is 13.6. The molecule has 152 valence electrons. The molecule has 1 heterocycles. The number of nitrogens with one attached hydrogen (secondary N) is 1. The minimum Gasteiger partial charge on any atom is -0.395 e. The molecular formula is C23H25FN2O3. The Bertz CT molecular complexity index is 933. The van der Waals surface area contributed by atoms with Crippen molar-refractivity contribution < 1.29 is 19.1 Å². The number of aliphatic hydroxyl groups is 1. The molecule has 2 aromatic carbocycles. The van der Waals surface area contributed by atoms with Crippen LogP contribution in [0.1, 0.15) is 31.9 Å². The Morgan fingerprint density at radius 1 is 1.14 bits per heavy atom. The fourth-order valence-corrected chi connectivity index (χ4v) is 3.61. The summed E-state index contributed by atoms with van der Waals surface area (Å²) in [5, 5.41) is 12.5. The quantitative estimate of drug-likeness (QED) is 0.603. The molecule has 2 N–H and O–H groups in total. The number of β-lactam (4-membered cyclic amide) rings is 1. The standard InChI is InChI=1S/C23H25FN2O3/c1-22(2,3)25-21(29)23(17-9-11-18(24)12-10-17)19(20(28)26(23)13-14-27)15-16-7-5-4-6-8-16/h4-12,15,27H,13-14H2,1-3H3,(H,25,29)/b19-15+. The van der Waals surface area contributed by atoms with Crippen molar-refractivity contribution >= 4 is 17.9 Å². The van der Waals surface area contributed by atoms with Gasteiger partial charge in [-0.1, -0.05) is 42.5 Å². The number of rotatable bonds is 5. The van der Waals surface area contributed by atoms with Crippen LogP contribution in [0.5, 0.6) is 0 Å². The molecule has 3 rings (SSSR count). The van der Waals surface area contributed by atoms with Gasteiger partial charge >= 0.3 is 0 Å². The maximum absolute atomic E-state index is 13.6. The number of likely N-dealkylation sites (tertiary alicyclic amines) is 1. The lowest BCUT2D eigenvalue weighted by molar-refractivity contribution is -0.157. The Morgan fingerprint density at radius 2 is 1.76 bits per heavy atom. The highest BCUT2D eigenvalue weighted by molar-refractivity contribution is 6.17. The Kier molecular flexibility index (Phi) is 5.57. The van der Waals surface area contributed by atoms with Crippen molar-refractivity contribution in [3.63, 3.8) is 0 Å².